The summed E-state index contributed by atoms with van der Waals surface area (Å²) in [5.41, 5.74) is 1.78. The molecule has 1 fully saturated rings. The van der Waals surface area contributed by atoms with Crippen LogP contribution in [-0.4, -0.2) is 38.7 Å². The zero-order valence-electron chi connectivity index (χ0n) is 14.0. The van der Waals surface area contributed by atoms with E-state index in [4.69, 9.17) is 9.26 Å². The number of aromatic nitrogens is 4. The summed E-state index contributed by atoms with van der Waals surface area (Å²) in [5.74, 6) is 2.02. The van der Waals surface area contributed by atoms with Gasteiger partial charge in [-0.15, -0.1) is 0 Å². The van der Waals surface area contributed by atoms with Crippen molar-refractivity contribution in [3.8, 4) is 17.1 Å². The van der Waals surface area contributed by atoms with Crippen molar-refractivity contribution in [2.75, 3.05) is 13.7 Å². The average molecular weight is 337 g/mol. The summed E-state index contributed by atoms with van der Waals surface area (Å²) in [6.07, 6.45) is 7.33. The SMILES string of the molecule is COc1cccnc1CN1CCC[C@H]1c1nc(-c2cccnc2)no1. The Kier molecular flexibility index (Phi) is 4.39. The van der Waals surface area contributed by atoms with Gasteiger partial charge in [-0.05, 0) is 43.7 Å². The highest BCUT2D eigenvalue weighted by Gasteiger charge is 2.31. The van der Waals surface area contributed by atoms with Crippen LogP contribution in [-0.2, 0) is 6.54 Å². The van der Waals surface area contributed by atoms with Crippen LogP contribution < -0.4 is 4.74 Å². The van der Waals surface area contributed by atoms with Crippen molar-refractivity contribution >= 4 is 0 Å². The lowest BCUT2D eigenvalue weighted by Gasteiger charge is -2.21. The summed E-state index contributed by atoms with van der Waals surface area (Å²) < 4.78 is 11.0. The molecule has 0 N–H and O–H groups in total. The molecule has 0 saturated carbocycles. The molecule has 1 atom stereocenters. The van der Waals surface area contributed by atoms with Crippen LogP contribution in [0.1, 0.15) is 30.5 Å². The number of rotatable bonds is 5. The van der Waals surface area contributed by atoms with Crippen molar-refractivity contribution in [1.29, 1.82) is 0 Å². The van der Waals surface area contributed by atoms with Crippen LogP contribution >= 0.6 is 0 Å². The monoisotopic (exact) mass is 337 g/mol. The lowest BCUT2D eigenvalue weighted by molar-refractivity contribution is 0.197. The molecular formula is C18H19N5O2. The minimum atomic E-state index is 0.102. The van der Waals surface area contributed by atoms with E-state index in [0.29, 0.717) is 18.3 Å². The molecule has 0 aromatic carbocycles. The van der Waals surface area contributed by atoms with Gasteiger partial charge in [0.15, 0.2) is 0 Å². The van der Waals surface area contributed by atoms with E-state index in [1.807, 2.05) is 24.3 Å². The fourth-order valence-electron chi connectivity index (χ4n) is 3.20. The summed E-state index contributed by atoms with van der Waals surface area (Å²) in [7, 11) is 1.67. The number of likely N-dealkylation sites (tertiary alicyclic amines) is 1. The van der Waals surface area contributed by atoms with Crippen molar-refractivity contribution in [3.63, 3.8) is 0 Å². The highest BCUT2D eigenvalue weighted by atomic mass is 16.5. The number of hydrogen-bond acceptors (Lipinski definition) is 7. The van der Waals surface area contributed by atoms with Crippen molar-refractivity contribution in [1.82, 2.24) is 25.0 Å². The number of methoxy groups -OCH3 is 1. The van der Waals surface area contributed by atoms with E-state index in [1.165, 1.54) is 0 Å². The molecule has 1 aliphatic heterocycles. The predicted molar refractivity (Wildman–Crippen MR) is 90.7 cm³/mol. The molecule has 4 heterocycles. The van der Waals surface area contributed by atoms with Crippen molar-refractivity contribution in [2.45, 2.75) is 25.4 Å². The van der Waals surface area contributed by atoms with Crippen LogP contribution in [0.5, 0.6) is 5.75 Å². The van der Waals surface area contributed by atoms with Gasteiger partial charge in [-0.2, -0.15) is 4.98 Å². The number of pyridine rings is 2. The first-order chi connectivity index (χ1) is 12.3. The Morgan fingerprint density at radius 2 is 2.20 bits per heavy atom. The van der Waals surface area contributed by atoms with Crippen LogP contribution in [0.4, 0.5) is 0 Å². The molecule has 0 amide bonds. The maximum absolute atomic E-state index is 5.55. The predicted octanol–water partition coefficient (Wildman–Crippen LogP) is 2.87. The van der Waals surface area contributed by atoms with E-state index in [9.17, 15) is 0 Å². The topological polar surface area (TPSA) is 77.2 Å². The van der Waals surface area contributed by atoms with Crippen LogP contribution in [0, 0.1) is 0 Å². The Morgan fingerprint density at radius 1 is 1.28 bits per heavy atom. The van der Waals surface area contributed by atoms with Gasteiger partial charge in [-0.3, -0.25) is 14.9 Å². The van der Waals surface area contributed by atoms with Gasteiger partial charge in [-0.1, -0.05) is 5.16 Å². The first kappa shape index (κ1) is 15.7. The van der Waals surface area contributed by atoms with Gasteiger partial charge in [0, 0.05) is 30.7 Å². The maximum Gasteiger partial charge on any atom is 0.244 e. The van der Waals surface area contributed by atoms with Gasteiger partial charge in [0.05, 0.1) is 18.8 Å². The molecule has 7 heteroatoms. The number of hydrogen-bond donors (Lipinski definition) is 0. The first-order valence-corrected chi connectivity index (χ1v) is 8.31. The third-order valence-electron chi connectivity index (χ3n) is 4.43. The molecule has 0 unspecified atom stereocenters. The minimum absolute atomic E-state index is 0.102. The molecule has 7 nitrogen and oxygen atoms in total. The van der Waals surface area contributed by atoms with E-state index in [1.54, 1.807) is 25.7 Å². The van der Waals surface area contributed by atoms with Crippen LogP contribution in [0.15, 0.2) is 47.4 Å². The molecule has 1 saturated heterocycles. The van der Waals surface area contributed by atoms with Gasteiger partial charge in [0.2, 0.25) is 11.7 Å². The highest BCUT2D eigenvalue weighted by Crippen LogP contribution is 2.34. The molecular weight excluding hydrogens is 318 g/mol. The highest BCUT2D eigenvalue weighted by molar-refractivity contribution is 5.51. The molecule has 3 aromatic heterocycles. The van der Waals surface area contributed by atoms with Gasteiger partial charge in [0.1, 0.15) is 5.75 Å². The van der Waals surface area contributed by atoms with Crippen molar-refractivity contribution in [2.24, 2.45) is 0 Å². The summed E-state index contributed by atoms with van der Waals surface area (Å²) in [4.78, 5) is 15.5. The molecule has 0 aliphatic carbocycles. The Labute approximate surface area is 145 Å². The van der Waals surface area contributed by atoms with E-state index in [-0.39, 0.29) is 6.04 Å². The summed E-state index contributed by atoms with van der Waals surface area (Å²) in [6, 6.07) is 7.69. The molecule has 1 aliphatic rings. The standard InChI is InChI=1S/C18H19N5O2/c1-24-16-7-3-9-20-14(16)12-23-10-4-6-15(23)18-21-17(22-25-18)13-5-2-8-19-11-13/h2-3,5,7-9,11,15H,4,6,10,12H2,1H3/t15-/m0/s1. The normalized spacial score (nSPS) is 17.7. The Morgan fingerprint density at radius 3 is 3.04 bits per heavy atom. The van der Waals surface area contributed by atoms with E-state index >= 15 is 0 Å². The zero-order chi connectivity index (χ0) is 17.1. The summed E-state index contributed by atoms with van der Waals surface area (Å²) in [6.45, 7) is 1.66. The largest absolute Gasteiger partial charge is 0.495 e. The van der Waals surface area contributed by atoms with Crippen LogP contribution in [0.25, 0.3) is 11.4 Å². The average Bonchev–Trinajstić information content (AvgIpc) is 3.32. The second kappa shape index (κ2) is 6.98. The second-order valence-corrected chi connectivity index (χ2v) is 5.98. The Hall–Kier alpha value is -2.80. The van der Waals surface area contributed by atoms with Crippen LogP contribution in [0.2, 0.25) is 0 Å². The third kappa shape index (κ3) is 3.23. The lowest BCUT2D eigenvalue weighted by atomic mass is 10.2. The molecule has 3 aromatic rings. The smallest absolute Gasteiger partial charge is 0.244 e. The fourth-order valence-corrected chi connectivity index (χ4v) is 3.20. The molecule has 0 bridgehead atoms. The molecule has 0 radical (unpaired) electrons. The van der Waals surface area contributed by atoms with E-state index < -0.39 is 0 Å². The van der Waals surface area contributed by atoms with E-state index in [2.05, 4.69) is 25.0 Å². The maximum atomic E-state index is 5.55. The summed E-state index contributed by atoms with van der Waals surface area (Å²) in [5, 5.41) is 4.11. The Balaban J connectivity index is 1.55. The molecule has 128 valence electrons. The summed E-state index contributed by atoms with van der Waals surface area (Å²) >= 11 is 0. The van der Waals surface area contributed by atoms with Crippen molar-refractivity contribution in [3.05, 3.63) is 54.4 Å². The Bertz CT molecular complexity index is 836. The number of ether oxygens (including phenoxy) is 1. The lowest BCUT2D eigenvalue weighted by Crippen LogP contribution is -2.23. The molecule has 0 spiro atoms. The van der Waals surface area contributed by atoms with E-state index in [0.717, 1.165) is 36.4 Å². The van der Waals surface area contributed by atoms with Gasteiger partial charge < -0.3 is 9.26 Å². The first-order valence-electron chi connectivity index (χ1n) is 8.31. The quantitative estimate of drug-likeness (QED) is 0.708. The third-order valence-corrected chi connectivity index (χ3v) is 4.43. The van der Waals surface area contributed by atoms with Gasteiger partial charge >= 0.3 is 0 Å². The van der Waals surface area contributed by atoms with Crippen molar-refractivity contribution < 1.29 is 9.26 Å². The zero-order valence-corrected chi connectivity index (χ0v) is 14.0. The van der Waals surface area contributed by atoms with Gasteiger partial charge in [0.25, 0.3) is 0 Å². The van der Waals surface area contributed by atoms with Crippen LogP contribution in [0.3, 0.4) is 0 Å². The minimum Gasteiger partial charge on any atom is -0.495 e. The number of nitrogens with zero attached hydrogens (tertiary/aromatic N) is 5. The molecule has 25 heavy (non-hydrogen) atoms. The fraction of sp³-hybridized carbons (Fsp3) is 0.333. The second-order valence-electron chi connectivity index (χ2n) is 5.98. The van der Waals surface area contributed by atoms with Gasteiger partial charge in [-0.25, -0.2) is 0 Å². The molecule has 4 rings (SSSR count).